The highest BCUT2D eigenvalue weighted by atomic mass is 32.2. The zero-order valence-electron chi connectivity index (χ0n) is 37.5. The Morgan fingerprint density at radius 2 is 1.87 bits per heavy atom. The van der Waals surface area contributed by atoms with Gasteiger partial charge in [0, 0.05) is 31.3 Å². The summed E-state index contributed by atoms with van der Waals surface area (Å²) < 4.78 is 53.3. The standard InChI is InChI=1S/C47H65N5O10S/c1-7-30-24-47(30,43(55)50-63(57,58)46(6)18-19-46)25-37(53)36-23-31-27-52(36)42(54)40(45(3,4)5)49-44(56)62-38-22-29(38)14-10-9-11-16-34-39(60-28-32-26-51(8-2)20-21-59-32)33-15-12-13-17-35(33)48-41(34)61-31/h7,12-13,15,17,29-32,36,38,40H,1,8-11,14,16,18-28H2,2-6H3,(H,49,56)(H,50,55)/t29-,30-,31-,32?,36+,38-,40-,47-/m1/s1. The lowest BCUT2D eigenvalue weighted by atomic mass is 9.85. The van der Waals surface area contributed by atoms with E-state index in [0.29, 0.717) is 49.6 Å². The predicted molar refractivity (Wildman–Crippen MR) is 236 cm³/mol. The third-order valence-electron chi connectivity index (χ3n) is 14.4. The summed E-state index contributed by atoms with van der Waals surface area (Å²) in [4.78, 5) is 65.9. The number of fused-ring (bicyclic) bond motifs is 5. The molecule has 2 aromatic rings. The molecule has 8 atom stereocenters. The highest BCUT2D eigenvalue weighted by Crippen LogP contribution is 2.57. The first-order chi connectivity index (χ1) is 29.9. The minimum Gasteiger partial charge on any atom is -0.490 e. The second kappa shape index (κ2) is 17.6. The molecule has 5 fully saturated rings. The number of aromatic nitrogens is 1. The van der Waals surface area contributed by atoms with Gasteiger partial charge in [-0.05, 0) is 87.8 Å². The summed E-state index contributed by atoms with van der Waals surface area (Å²) in [5, 5.41) is 3.70. The first-order valence-electron chi connectivity index (χ1n) is 23.0. The number of ketones is 1. The Kier molecular flexibility index (Phi) is 12.7. The normalized spacial score (nSPS) is 31.2. The molecule has 3 aliphatic carbocycles. The molecule has 1 aromatic carbocycles. The van der Waals surface area contributed by atoms with Crippen molar-refractivity contribution >= 4 is 44.6 Å². The average molecular weight is 892 g/mol. The fourth-order valence-electron chi connectivity index (χ4n) is 9.68. The van der Waals surface area contributed by atoms with Crippen molar-refractivity contribution in [1.82, 2.24) is 24.8 Å². The molecule has 0 radical (unpaired) electrons. The SMILES string of the molecule is C=C[C@@H]1C[C@]1(CC(=O)[C@@H]1C[C@@H]2CN1C(=O)[C@H](C(C)(C)C)NC(=O)O[C@@H]1C[C@H]1CCCCCc1c(nc3ccccc3c1OCC1CN(CC)CCO1)O2)C(=O)NS(=O)(=O)C1(C)CC1. The van der Waals surface area contributed by atoms with E-state index in [4.69, 9.17) is 23.9 Å². The Morgan fingerprint density at radius 1 is 1.10 bits per heavy atom. The monoisotopic (exact) mass is 891 g/mol. The number of carbonyl (C=O) groups is 4. The Balaban J connectivity index is 1.13. The molecule has 0 spiro atoms. The molecule has 6 aliphatic rings. The van der Waals surface area contributed by atoms with Gasteiger partial charge in [-0.2, -0.15) is 0 Å². The van der Waals surface area contributed by atoms with Crippen LogP contribution in [0.15, 0.2) is 36.9 Å². The van der Waals surface area contributed by atoms with E-state index in [-0.39, 0.29) is 43.9 Å². The van der Waals surface area contributed by atoms with Gasteiger partial charge in [0.15, 0.2) is 5.78 Å². The van der Waals surface area contributed by atoms with Gasteiger partial charge < -0.3 is 29.2 Å². The first kappa shape index (κ1) is 45.3. The zero-order valence-corrected chi connectivity index (χ0v) is 38.3. The number of allylic oxidation sites excluding steroid dienone is 1. The number of nitrogens with zero attached hydrogens (tertiary/aromatic N) is 3. The van der Waals surface area contributed by atoms with Crippen molar-refractivity contribution in [3.63, 3.8) is 0 Å². The molecule has 8 rings (SSSR count). The average Bonchev–Trinajstić information content (AvgIpc) is 4.21. The van der Waals surface area contributed by atoms with Crippen LogP contribution in [0, 0.1) is 22.7 Å². The number of hydrogen-bond acceptors (Lipinski definition) is 12. The molecule has 3 amide bonds. The molecule has 16 heteroatoms. The molecular formula is C47H65N5O10S. The zero-order chi connectivity index (χ0) is 44.9. The lowest BCUT2D eigenvalue weighted by Gasteiger charge is -2.35. The number of hydrogen-bond donors (Lipinski definition) is 2. The van der Waals surface area contributed by atoms with Gasteiger partial charge >= 0.3 is 6.09 Å². The fraction of sp³-hybridized carbons (Fsp3) is 0.681. The summed E-state index contributed by atoms with van der Waals surface area (Å²) in [5.74, 6) is -0.763. The summed E-state index contributed by atoms with van der Waals surface area (Å²) in [6.07, 6.45) is 5.71. The van der Waals surface area contributed by atoms with E-state index < -0.39 is 73.4 Å². The Bertz CT molecular complexity index is 2220. The van der Waals surface area contributed by atoms with Crippen LogP contribution in [0.5, 0.6) is 11.6 Å². The number of sulfonamides is 1. The van der Waals surface area contributed by atoms with Gasteiger partial charge in [-0.25, -0.2) is 18.2 Å². The number of amides is 3. The third-order valence-corrected chi connectivity index (χ3v) is 16.5. The van der Waals surface area contributed by atoms with Crippen LogP contribution >= 0.6 is 0 Å². The minimum absolute atomic E-state index is 0.00698. The van der Waals surface area contributed by atoms with Crippen molar-refractivity contribution in [2.45, 2.75) is 140 Å². The van der Waals surface area contributed by atoms with Gasteiger partial charge in [0.05, 0.1) is 40.4 Å². The maximum absolute atomic E-state index is 14.9. The second-order valence-electron chi connectivity index (χ2n) is 20.1. The lowest BCUT2D eigenvalue weighted by Crippen LogP contribution is -2.57. The van der Waals surface area contributed by atoms with E-state index >= 15 is 0 Å². The third kappa shape index (κ3) is 9.59. The smallest absolute Gasteiger partial charge is 0.408 e. The molecule has 1 aromatic heterocycles. The number of benzene rings is 1. The number of carbonyl (C=O) groups excluding carboxylic acids is 4. The van der Waals surface area contributed by atoms with E-state index in [1.54, 1.807) is 13.0 Å². The molecule has 4 heterocycles. The van der Waals surface area contributed by atoms with Crippen molar-refractivity contribution in [3.8, 4) is 11.6 Å². The van der Waals surface area contributed by atoms with Crippen LogP contribution in [-0.2, 0) is 40.3 Å². The van der Waals surface area contributed by atoms with E-state index in [9.17, 15) is 27.6 Å². The quantitative estimate of drug-likeness (QED) is 0.272. The van der Waals surface area contributed by atoms with Gasteiger partial charge in [0.2, 0.25) is 27.7 Å². The molecule has 15 nitrogen and oxygen atoms in total. The number of pyridine rings is 1. The molecule has 3 aliphatic heterocycles. The summed E-state index contributed by atoms with van der Waals surface area (Å²) in [5.41, 5.74) is -0.639. The maximum atomic E-state index is 14.9. The highest BCUT2D eigenvalue weighted by molar-refractivity contribution is 7.91. The summed E-state index contributed by atoms with van der Waals surface area (Å²) in [7, 11) is -3.98. The molecule has 344 valence electrons. The number of nitrogens with one attached hydrogen (secondary N) is 2. The van der Waals surface area contributed by atoms with E-state index in [1.165, 1.54) is 4.90 Å². The van der Waals surface area contributed by atoms with Crippen molar-refractivity contribution in [1.29, 1.82) is 0 Å². The maximum Gasteiger partial charge on any atom is 0.408 e. The van der Waals surface area contributed by atoms with E-state index in [1.807, 2.05) is 45.0 Å². The molecule has 2 saturated heterocycles. The van der Waals surface area contributed by atoms with Crippen LogP contribution in [0.25, 0.3) is 10.9 Å². The Morgan fingerprint density at radius 3 is 2.59 bits per heavy atom. The van der Waals surface area contributed by atoms with Gasteiger partial charge in [-0.3, -0.25) is 24.0 Å². The highest BCUT2D eigenvalue weighted by Gasteiger charge is 2.62. The number of likely N-dealkylation sites (N-methyl/N-ethyl adjacent to an activating group) is 1. The molecular weight excluding hydrogens is 827 g/mol. The number of ether oxygens (including phenoxy) is 4. The Hall–Kier alpha value is -4.28. The molecule has 2 N–H and O–H groups in total. The molecule has 1 unspecified atom stereocenters. The van der Waals surface area contributed by atoms with Gasteiger partial charge in [0.1, 0.15) is 36.7 Å². The van der Waals surface area contributed by atoms with Gasteiger partial charge in [0.25, 0.3) is 0 Å². The van der Waals surface area contributed by atoms with Crippen LogP contribution in [0.1, 0.15) is 104 Å². The number of Topliss-reactive ketones (excluding diaryl/α,β-unsaturated/α-hetero) is 1. The summed E-state index contributed by atoms with van der Waals surface area (Å²) in [6.45, 7) is 16.6. The number of para-hydroxylation sites is 1. The minimum atomic E-state index is -3.98. The fourth-order valence-corrected chi connectivity index (χ4v) is 11.0. The van der Waals surface area contributed by atoms with Gasteiger partial charge in [-0.1, -0.05) is 58.7 Å². The van der Waals surface area contributed by atoms with Gasteiger partial charge in [-0.15, -0.1) is 6.58 Å². The first-order valence-corrected chi connectivity index (χ1v) is 24.5. The van der Waals surface area contributed by atoms with Crippen LogP contribution in [-0.4, -0.2) is 121 Å². The lowest BCUT2D eigenvalue weighted by molar-refractivity contribution is -0.142. The largest absolute Gasteiger partial charge is 0.490 e. The van der Waals surface area contributed by atoms with Crippen molar-refractivity contribution in [2.75, 3.05) is 39.4 Å². The predicted octanol–water partition coefficient (Wildman–Crippen LogP) is 5.48. The van der Waals surface area contributed by atoms with Crippen LogP contribution in [0.3, 0.4) is 0 Å². The van der Waals surface area contributed by atoms with Crippen LogP contribution in [0.4, 0.5) is 4.79 Å². The summed E-state index contributed by atoms with van der Waals surface area (Å²) in [6, 6.07) is 5.65. The van der Waals surface area contributed by atoms with Crippen molar-refractivity contribution in [3.05, 3.63) is 42.5 Å². The number of morpholine rings is 1. The van der Waals surface area contributed by atoms with Crippen molar-refractivity contribution < 1.29 is 46.5 Å². The molecule has 2 bridgehead atoms. The van der Waals surface area contributed by atoms with Crippen LogP contribution in [0.2, 0.25) is 0 Å². The second-order valence-corrected chi connectivity index (χ2v) is 22.3. The Labute approximate surface area is 371 Å². The number of alkyl carbamates (subject to hydrolysis) is 1. The van der Waals surface area contributed by atoms with E-state index in [2.05, 4.69) is 28.4 Å². The molecule has 63 heavy (non-hydrogen) atoms. The van der Waals surface area contributed by atoms with Crippen LogP contribution < -0.4 is 19.5 Å². The number of rotatable bonds is 11. The molecule has 3 saturated carbocycles. The summed E-state index contributed by atoms with van der Waals surface area (Å²) >= 11 is 0. The van der Waals surface area contributed by atoms with Crippen molar-refractivity contribution in [2.24, 2.45) is 22.7 Å². The van der Waals surface area contributed by atoms with E-state index in [0.717, 1.165) is 62.7 Å². The topological polar surface area (TPSA) is 183 Å².